The zero-order valence-corrected chi connectivity index (χ0v) is 15.1. The fraction of sp³-hybridized carbons (Fsp3) is 0.100. The summed E-state index contributed by atoms with van der Waals surface area (Å²) in [4.78, 5) is 16.5. The number of aromatic nitrogens is 2. The van der Waals surface area contributed by atoms with Crippen LogP contribution in [0.1, 0.15) is 11.4 Å². The van der Waals surface area contributed by atoms with Gasteiger partial charge in [-0.25, -0.2) is 4.98 Å². The molecule has 1 aromatic heterocycles. The number of phenols is 1. The summed E-state index contributed by atoms with van der Waals surface area (Å²) < 4.78 is 6.94. The molecule has 5 nitrogen and oxygen atoms in total. The Morgan fingerprint density at radius 1 is 1.19 bits per heavy atom. The Kier molecular flexibility index (Phi) is 5.09. The van der Waals surface area contributed by atoms with Crippen molar-refractivity contribution in [3.8, 4) is 11.5 Å². The third-order valence-electron chi connectivity index (χ3n) is 3.92. The maximum Gasteiger partial charge on any atom is 0.178 e. The Labute approximate surface area is 155 Å². The minimum absolute atomic E-state index is 0.0535. The molecule has 1 heterocycles. The highest BCUT2D eigenvalue weighted by Gasteiger charge is 2.06. The minimum atomic E-state index is -0.179. The predicted octanol–water partition coefficient (Wildman–Crippen LogP) is 4.24. The van der Waals surface area contributed by atoms with Gasteiger partial charge in [-0.15, -0.1) is 0 Å². The Morgan fingerprint density at radius 3 is 2.73 bits per heavy atom. The third-order valence-corrected chi connectivity index (χ3v) is 4.15. The fourth-order valence-electron chi connectivity index (χ4n) is 2.53. The van der Waals surface area contributed by atoms with Crippen molar-refractivity contribution in [1.29, 1.82) is 0 Å². The number of aromatic hydroxyl groups is 1. The van der Waals surface area contributed by atoms with E-state index in [1.165, 1.54) is 25.3 Å². The van der Waals surface area contributed by atoms with Crippen LogP contribution in [0.15, 0.2) is 48.6 Å². The van der Waals surface area contributed by atoms with Gasteiger partial charge < -0.3 is 14.4 Å². The highest BCUT2D eigenvalue weighted by Crippen LogP contribution is 2.26. The zero-order chi connectivity index (χ0) is 18.7. The molecule has 0 aliphatic carbocycles. The van der Waals surface area contributed by atoms with Gasteiger partial charge in [0, 0.05) is 12.1 Å². The lowest BCUT2D eigenvalue weighted by Gasteiger charge is -2.03. The van der Waals surface area contributed by atoms with Crippen molar-refractivity contribution in [2.24, 2.45) is 7.05 Å². The molecule has 0 saturated carbocycles. The number of imidazole rings is 1. The van der Waals surface area contributed by atoms with Crippen LogP contribution in [0.2, 0.25) is 5.02 Å². The number of halogens is 1. The Hall–Kier alpha value is -3.05. The molecule has 0 amide bonds. The van der Waals surface area contributed by atoms with E-state index in [4.69, 9.17) is 16.3 Å². The van der Waals surface area contributed by atoms with Crippen molar-refractivity contribution in [3.63, 3.8) is 0 Å². The highest BCUT2D eigenvalue weighted by atomic mass is 35.5. The molecule has 0 atom stereocenters. The number of carbonyl (C=O) groups is 1. The number of methoxy groups -OCH3 is 1. The van der Waals surface area contributed by atoms with Crippen LogP contribution >= 0.6 is 11.6 Å². The molecule has 0 saturated heterocycles. The molecule has 1 N–H and O–H groups in total. The number of aryl methyl sites for hydroxylation is 1. The van der Waals surface area contributed by atoms with Crippen LogP contribution in [0.3, 0.4) is 0 Å². The van der Waals surface area contributed by atoms with E-state index in [0.717, 1.165) is 16.6 Å². The van der Waals surface area contributed by atoms with Gasteiger partial charge >= 0.3 is 0 Å². The fourth-order valence-corrected chi connectivity index (χ4v) is 2.70. The first-order chi connectivity index (χ1) is 12.5. The first-order valence-corrected chi connectivity index (χ1v) is 8.25. The molecule has 3 rings (SSSR count). The lowest BCUT2D eigenvalue weighted by molar-refractivity contribution is -0.110. The number of ether oxygens (including phenoxy) is 1. The SMILES string of the molecule is COc1cc(/C=C/C(=O)/C=C/c2nc3cc(Cl)ccc3n2C)ccc1O. The van der Waals surface area contributed by atoms with Crippen molar-refractivity contribution in [2.75, 3.05) is 7.11 Å². The number of rotatable bonds is 5. The quantitative estimate of drug-likeness (QED) is 0.684. The van der Waals surface area contributed by atoms with Gasteiger partial charge in [-0.05, 0) is 54.1 Å². The molecule has 0 aliphatic heterocycles. The second kappa shape index (κ2) is 7.45. The molecule has 0 fully saturated rings. The molecule has 0 bridgehead atoms. The van der Waals surface area contributed by atoms with E-state index >= 15 is 0 Å². The molecular weight excluding hydrogens is 352 g/mol. The van der Waals surface area contributed by atoms with Crippen molar-refractivity contribution in [1.82, 2.24) is 9.55 Å². The van der Waals surface area contributed by atoms with Gasteiger partial charge in [0.25, 0.3) is 0 Å². The van der Waals surface area contributed by atoms with E-state index in [-0.39, 0.29) is 11.5 Å². The molecule has 26 heavy (non-hydrogen) atoms. The number of allylic oxidation sites excluding steroid dienone is 2. The number of benzene rings is 2. The normalized spacial score (nSPS) is 11.7. The molecular formula is C20H17ClN2O3. The molecule has 3 aromatic rings. The summed E-state index contributed by atoms with van der Waals surface area (Å²) in [5, 5.41) is 10.2. The molecule has 2 aromatic carbocycles. The molecule has 0 aliphatic rings. The minimum Gasteiger partial charge on any atom is -0.504 e. The topological polar surface area (TPSA) is 64.3 Å². The van der Waals surface area contributed by atoms with Crippen molar-refractivity contribution >= 4 is 40.6 Å². The van der Waals surface area contributed by atoms with Crippen LogP contribution in [-0.4, -0.2) is 27.6 Å². The van der Waals surface area contributed by atoms with E-state index in [0.29, 0.717) is 16.6 Å². The van der Waals surface area contributed by atoms with Crippen molar-refractivity contribution in [2.45, 2.75) is 0 Å². The summed E-state index contributed by atoms with van der Waals surface area (Å²) in [5.41, 5.74) is 2.46. The van der Waals surface area contributed by atoms with Gasteiger partial charge in [-0.2, -0.15) is 0 Å². The van der Waals surface area contributed by atoms with E-state index in [1.807, 2.05) is 17.7 Å². The molecule has 0 radical (unpaired) electrons. The van der Waals surface area contributed by atoms with E-state index in [1.54, 1.807) is 36.4 Å². The van der Waals surface area contributed by atoms with E-state index < -0.39 is 0 Å². The first-order valence-electron chi connectivity index (χ1n) is 7.87. The maximum absolute atomic E-state index is 12.1. The summed E-state index contributed by atoms with van der Waals surface area (Å²) >= 11 is 5.98. The second-order valence-electron chi connectivity index (χ2n) is 5.66. The van der Waals surface area contributed by atoms with Crippen molar-refractivity contribution in [3.05, 3.63) is 65.0 Å². The molecule has 0 unspecified atom stereocenters. The molecule has 6 heteroatoms. The third kappa shape index (κ3) is 3.78. The Balaban J connectivity index is 1.76. The van der Waals surface area contributed by atoms with Crippen LogP contribution in [0.4, 0.5) is 0 Å². The smallest absolute Gasteiger partial charge is 0.178 e. The van der Waals surface area contributed by atoms with Gasteiger partial charge in [0.05, 0.1) is 18.1 Å². The molecule has 132 valence electrons. The number of hydrogen-bond donors (Lipinski definition) is 1. The summed E-state index contributed by atoms with van der Waals surface area (Å²) in [5.74, 6) is 0.892. The van der Waals surface area contributed by atoms with Crippen LogP contribution < -0.4 is 4.74 Å². The lowest BCUT2D eigenvalue weighted by atomic mass is 10.1. The van der Waals surface area contributed by atoms with Gasteiger partial charge in [-0.3, -0.25) is 4.79 Å². The monoisotopic (exact) mass is 368 g/mol. The molecule has 0 spiro atoms. The number of phenolic OH excluding ortho intramolecular Hbond substituents is 1. The highest BCUT2D eigenvalue weighted by molar-refractivity contribution is 6.31. The van der Waals surface area contributed by atoms with Gasteiger partial charge in [0.15, 0.2) is 17.3 Å². The zero-order valence-electron chi connectivity index (χ0n) is 14.3. The van der Waals surface area contributed by atoms with Gasteiger partial charge in [0.1, 0.15) is 5.82 Å². The maximum atomic E-state index is 12.1. The first kappa shape index (κ1) is 17.8. The lowest BCUT2D eigenvalue weighted by Crippen LogP contribution is -1.92. The number of nitrogens with zero attached hydrogens (tertiary/aromatic N) is 2. The predicted molar refractivity (Wildman–Crippen MR) is 103 cm³/mol. The Bertz CT molecular complexity index is 1030. The van der Waals surface area contributed by atoms with Gasteiger partial charge in [-0.1, -0.05) is 23.7 Å². The van der Waals surface area contributed by atoms with Crippen LogP contribution in [-0.2, 0) is 11.8 Å². The number of fused-ring (bicyclic) bond motifs is 1. The van der Waals surface area contributed by atoms with Gasteiger partial charge in [0.2, 0.25) is 0 Å². The number of hydrogen-bond acceptors (Lipinski definition) is 4. The van der Waals surface area contributed by atoms with E-state index in [2.05, 4.69) is 4.98 Å². The average Bonchev–Trinajstić information content (AvgIpc) is 2.94. The number of ketones is 1. The summed E-state index contributed by atoms with van der Waals surface area (Å²) in [6.45, 7) is 0. The largest absolute Gasteiger partial charge is 0.504 e. The standard InChI is InChI=1S/C20H17ClN2O3/c1-23-17-8-5-14(21)12-16(17)22-20(23)10-7-15(24)6-3-13-4-9-18(25)19(11-13)26-2/h3-12,25H,1-2H3/b6-3+,10-7+. The van der Waals surface area contributed by atoms with Crippen LogP contribution in [0, 0.1) is 0 Å². The summed E-state index contributed by atoms with van der Waals surface area (Å²) in [7, 11) is 3.35. The van der Waals surface area contributed by atoms with Crippen LogP contribution in [0.5, 0.6) is 11.5 Å². The summed E-state index contributed by atoms with van der Waals surface area (Å²) in [6, 6.07) is 10.3. The van der Waals surface area contributed by atoms with Crippen LogP contribution in [0.25, 0.3) is 23.2 Å². The second-order valence-corrected chi connectivity index (χ2v) is 6.10. The number of carbonyl (C=O) groups excluding carboxylic acids is 1. The van der Waals surface area contributed by atoms with Crippen molar-refractivity contribution < 1.29 is 14.6 Å². The van der Waals surface area contributed by atoms with E-state index in [9.17, 15) is 9.90 Å². The Morgan fingerprint density at radius 2 is 1.96 bits per heavy atom. The summed E-state index contributed by atoms with van der Waals surface area (Å²) in [6.07, 6.45) is 6.22. The average molecular weight is 369 g/mol.